The minimum atomic E-state index is -0.0970. The minimum absolute atomic E-state index is 0.0970. The van der Waals surface area contributed by atoms with E-state index < -0.39 is 0 Å². The van der Waals surface area contributed by atoms with E-state index in [0.717, 1.165) is 24.6 Å². The number of nitrogens with one attached hydrogen (secondary N) is 1. The van der Waals surface area contributed by atoms with Crippen molar-refractivity contribution in [2.75, 3.05) is 13.1 Å². The normalized spacial score (nSPS) is 18.2. The van der Waals surface area contributed by atoms with E-state index in [1.54, 1.807) is 0 Å². The molecule has 0 radical (unpaired) electrons. The van der Waals surface area contributed by atoms with Crippen LogP contribution >= 0.6 is 0 Å². The lowest BCUT2D eigenvalue weighted by Crippen LogP contribution is -2.34. The minimum Gasteiger partial charge on any atom is -0.352 e. The second-order valence-corrected chi connectivity index (χ2v) is 6.70. The Morgan fingerprint density at radius 2 is 2.20 bits per heavy atom. The van der Waals surface area contributed by atoms with Crippen molar-refractivity contribution < 1.29 is 9.32 Å². The molecule has 1 saturated heterocycles. The molecular formula is C19H26N4O2. The summed E-state index contributed by atoms with van der Waals surface area (Å²) in [4.78, 5) is 18.8. The molecule has 2 heterocycles. The Labute approximate surface area is 148 Å². The summed E-state index contributed by atoms with van der Waals surface area (Å²) in [7, 11) is 0. The summed E-state index contributed by atoms with van der Waals surface area (Å²) in [6, 6.07) is 9.83. The number of amides is 1. The molecule has 0 saturated carbocycles. The van der Waals surface area contributed by atoms with E-state index in [2.05, 4.69) is 27.3 Å². The van der Waals surface area contributed by atoms with Gasteiger partial charge in [-0.05, 0) is 30.9 Å². The van der Waals surface area contributed by atoms with Crippen LogP contribution in [-0.2, 0) is 24.3 Å². The molecule has 2 aromatic rings. The SMILES string of the molecule is CC[C@@H]1CCCN(Cc2nc(CC(=O)NCc3ccccc3)no2)C1. The highest BCUT2D eigenvalue weighted by Crippen LogP contribution is 2.20. The quantitative estimate of drug-likeness (QED) is 0.837. The molecule has 134 valence electrons. The highest BCUT2D eigenvalue weighted by Gasteiger charge is 2.20. The summed E-state index contributed by atoms with van der Waals surface area (Å²) >= 11 is 0. The van der Waals surface area contributed by atoms with E-state index in [9.17, 15) is 4.79 Å². The summed E-state index contributed by atoms with van der Waals surface area (Å²) in [5.41, 5.74) is 1.07. The number of rotatable bonds is 7. The van der Waals surface area contributed by atoms with Crippen LogP contribution in [0.5, 0.6) is 0 Å². The van der Waals surface area contributed by atoms with Crippen molar-refractivity contribution in [3.8, 4) is 0 Å². The zero-order valence-corrected chi connectivity index (χ0v) is 14.8. The predicted molar refractivity (Wildman–Crippen MR) is 94.6 cm³/mol. The Hall–Kier alpha value is -2.21. The molecule has 0 bridgehead atoms. The first-order chi connectivity index (χ1) is 12.2. The molecule has 1 N–H and O–H groups in total. The largest absolute Gasteiger partial charge is 0.352 e. The third-order valence-corrected chi connectivity index (χ3v) is 4.70. The summed E-state index contributed by atoms with van der Waals surface area (Å²) in [5, 5.41) is 6.82. The monoisotopic (exact) mass is 342 g/mol. The predicted octanol–water partition coefficient (Wildman–Crippen LogP) is 2.55. The number of piperidine rings is 1. The number of carbonyl (C=O) groups excluding carboxylic acids is 1. The van der Waals surface area contributed by atoms with E-state index >= 15 is 0 Å². The Kier molecular flexibility index (Phi) is 6.17. The molecule has 3 rings (SSSR count). The number of nitrogens with zero attached hydrogens (tertiary/aromatic N) is 3. The van der Waals surface area contributed by atoms with Gasteiger partial charge in [0.15, 0.2) is 5.82 Å². The molecule has 6 nitrogen and oxygen atoms in total. The molecular weight excluding hydrogens is 316 g/mol. The molecule has 1 fully saturated rings. The molecule has 25 heavy (non-hydrogen) atoms. The Balaban J connectivity index is 1.45. The third kappa shape index (κ3) is 5.39. The van der Waals surface area contributed by atoms with E-state index in [0.29, 0.717) is 24.8 Å². The average Bonchev–Trinajstić information content (AvgIpc) is 3.07. The zero-order chi connectivity index (χ0) is 17.5. The summed E-state index contributed by atoms with van der Waals surface area (Å²) < 4.78 is 5.32. The van der Waals surface area contributed by atoms with Crippen LogP contribution in [0.2, 0.25) is 0 Å². The summed E-state index contributed by atoms with van der Waals surface area (Å²) in [6.45, 7) is 5.59. The highest BCUT2D eigenvalue weighted by molar-refractivity contribution is 5.77. The first-order valence-electron chi connectivity index (χ1n) is 9.07. The van der Waals surface area contributed by atoms with Gasteiger partial charge in [-0.15, -0.1) is 0 Å². The molecule has 1 aliphatic heterocycles. The van der Waals surface area contributed by atoms with Gasteiger partial charge in [0.05, 0.1) is 13.0 Å². The number of hydrogen-bond donors (Lipinski definition) is 1. The van der Waals surface area contributed by atoms with Crippen LogP contribution in [0.3, 0.4) is 0 Å². The number of benzene rings is 1. The number of likely N-dealkylation sites (tertiary alicyclic amines) is 1. The van der Waals surface area contributed by atoms with Gasteiger partial charge in [0, 0.05) is 13.1 Å². The molecule has 1 amide bonds. The molecule has 6 heteroatoms. The zero-order valence-electron chi connectivity index (χ0n) is 14.8. The fourth-order valence-electron chi connectivity index (χ4n) is 3.25. The van der Waals surface area contributed by atoms with Crippen molar-refractivity contribution in [1.82, 2.24) is 20.4 Å². The van der Waals surface area contributed by atoms with Crippen molar-refractivity contribution in [3.05, 3.63) is 47.6 Å². The van der Waals surface area contributed by atoms with E-state index in [-0.39, 0.29) is 12.3 Å². The number of aromatic nitrogens is 2. The van der Waals surface area contributed by atoms with Crippen LogP contribution in [0, 0.1) is 5.92 Å². The standard InChI is InChI=1S/C19H26N4O2/c1-2-15-9-6-10-23(13-15)14-19-21-17(22-25-19)11-18(24)20-12-16-7-4-3-5-8-16/h3-5,7-8,15H,2,6,9-14H2,1H3,(H,20,24)/t15-/m1/s1. The first-order valence-corrected chi connectivity index (χ1v) is 9.07. The lowest BCUT2D eigenvalue weighted by Gasteiger charge is -2.30. The fraction of sp³-hybridized carbons (Fsp3) is 0.526. The smallest absolute Gasteiger partial charge is 0.240 e. The average molecular weight is 342 g/mol. The topological polar surface area (TPSA) is 71.3 Å². The molecule has 0 aliphatic carbocycles. The Morgan fingerprint density at radius 3 is 3.00 bits per heavy atom. The van der Waals surface area contributed by atoms with Crippen LogP contribution in [0.4, 0.5) is 0 Å². The van der Waals surface area contributed by atoms with Crippen LogP contribution in [-0.4, -0.2) is 34.0 Å². The fourth-order valence-corrected chi connectivity index (χ4v) is 3.25. The molecule has 1 aliphatic rings. The van der Waals surface area contributed by atoms with Gasteiger partial charge in [-0.3, -0.25) is 9.69 Å². The Bertz CT molecular complexity index is 671. The maximum Gasteiger partial charge on any atom is 0.240 e. The van der Waals surface area contributed by atoms with Crippen LogP contribution in [0.25, 0.3) is 0 Å². The van der Waals surface area contributed by atoms with Crippen molar-refractivity contribution in [1.29, 1.82) is 0 Å². The molecule has 0 unspecified atom stereocenters. The van der Waals surface area contributed by atoms with Crippen LogP contribution < -0.4 is 5.32 Å². The highest BCUT2D eigenvalue weighted by atomic mass is 16.5. The van der Waals surface area contributed by atoms with Crippen LogP contribution in [0.1, 0.15) is 43.5 Å². The Morgan fingerprint density at radius 1 is 1.36 bits per heavy atom. The van der Waals surface area contributed by atoms with Crippen molar-refractivity contribution in [2.45, 2.75) is 45.7 Å². The van der Waals surface area contributed by atoms with Gasteiger partial charge in [0.2, 0.25) is 11.8 Å². The van der Waals surface area contributed by atoms with E-state index in [1.165, 1.54) is 19.3 Å². The lowest BCUT2D eigenvalue weighted by molar-refractivity contribution is -0.120. The first kappa shape index (κ1) is 17.6. The number of hydrogen-bond acceptors (Lipinski definition) is 5. The maximum atomic E-state index is 12.0. The van der Waals surface area contributed by atoms with Gasteiger partial charge in [0.25, 0.3) is 0 Å². The van der Waals surface area contributed by atoms with Gasteiger partial charge in [0.1, 0.15) is 0 Å². The third-order valence-electron chi connectivity index (χ3n) is 4.70. The molecule has 1 aromatic carbocycles. The second kappa shape index (κ2) is 8.76. The van der Waals surface area contributed by atoms with Gasteiger partial charge in [-0.1, -0.05) is 48.8 Å². The van der Waals surface area contributed by atoms with Crippen molar-refractivity contribution in [3.63, 3.8) is 0 Å². The molecule has 0 spiro atoms. The maximum absolute atomic E-state index is 12.0. The second-order valence-electron chi connectivity index (χ2n) is 6.70. The van der Waals surface area contributed by atoms with Gasteiger partial charge in [-0.25, -0.2) is 0 Å². The lowest BCUT2D eigenvalue weighted by atomic mass is 9.96. The van der Waals surface area contributed by atoms with Gasteiger partial charge < -0.3 is 9.84 Å². The summed E-state index contributed by atoms with van der Waals surface area (Å²) in [5.74, 6) is 1.72. The van der Waals surface area contributed by atoms with Crippen molar-refractivity contribution >= 4 is 5.91 Å². The van der Waals surface area contributed by atoms with Gasteiger partial charge >= 0.3 is 0 Å². The number of carbonyl (C=O) groups is 1. The van der Waals surface area contributed by atoms with E-state index in [1.807, 2.05) is 30.3 Å². The van der Waals surface area contributed by atoms with E-state index in [4.69, 9.17) is 4.52 Å². The molecule has 1 atom stereocenters. The van der Waals surface area contributed by atoms with Crippen molar-refractivity contribution in [2.24, 2.45) is 5.92 Å². The molecule has 1 aromatic heterocycles. The summed E-state index contributed by atoms with van der Waals surface area (Å²) in [6.07, 6.45) is 3.89. The van der Waals surface area contributed by atoms with Gasteiger partial charge in [-0.2, -0.15) is 4.98 Å². The van der Waals surface area contributed by atoms with Crippen LogP contribution in [0.15, 0.2) is 34.9 Å².